The molecule has 0 atom stereocenters. The van der Waals surface area contributed by atoms with Crippen molar-refractivity contribution in [1.82, 2.24) is 10.5 Å². The van der Waals surface area contributed by atoms with Crippen LogP contribution in [0.4, 0.5) is 4.79 Å². The fourth-order valence-electron chi connectivity index (χ4n) is 1.08. The first-order valence-corrected chi connectivity index (χ1v) is 6.21. The summed E-state index contributed by atoms with van der Waals surface area (Å²) in [7, 11) is 0. The predicted octanol–water partition coefficient (Wildman–Crippen LogP) is 1.69. The molecule has 0 rings (SSSR count). The topological polar surface area (TPSA) is 80.2 Å². The molecular formula is C12H23N3O4. The summed E-state index contributed by atoms with van der Waals surface area (Å²) in [5.41, 5.74) is -0.558. The van der Waals surface area contributed by atoms with Crippen LogP contribution < -0.4 is 5.32 Å². The lowest BCUT2D eigenvalue weighted by Gasteiger charge is -2.20. The van der Waals surface area contributed by atoms with Gasteiger partial charge in [0.15, 0.2) is 0 Å². The van der Waals surface area contributed by atoms with Gasteiger partial charge in [-0.1, -0.05) is 0 Å². The Morgan fingerprint density at radius 3 is 2.47 bits per heavy atom. The van der Waals surface area contributed by atoms with Crippen LogP contribution in [0.15, 0.2) is 5.10 Å². The molecule has 0 saturated carbocycles. The summed E-state index contributed by atoms with van der Waals surface area (Å²) in [6.45, 7) is 9.24. The van der Waals surface area contributed by atoms with Crippen LogP contribution in [0.3, 0.4) is 0 Å². The van der Waals surface area contributed by atoms with E-state index >= 15 is 0 Å². The highest BCUT2D eigenvalue weighted by atomic mass is 16.7. The second kappa shape index (κ2) is 8.47. The summed E-state index contributed by atoms with van der Waals surface area (Å²) in [6.07, 6.45) is 0.980. The Labute approximate surface area is 113 Å². The number of nitrogens with one attached hydrogen (secondary N) is 1. The van der Waals surface area contributed by atoms with Crippen molar-refractivity contribution in [2.45, 2.75) is 46.6 Å². The quantitative estimate of drug-likeness (QED) is 0.590. The molecular weight excluding hydrogens is 250 g/mol. The highest BCUT2D eigenvalue weighted by molar-refractivity contribution is 5.76. The van der Waals surface area contributed by atoms with Gasteiger partial charge in [-0.2, -0.15) is 5.10 Å². The van der Waals surface area contributed by atoms with E-state index in [1.54, 1.807) is 34.6 Å². The predicted molar refractivity (Wildman–Crippen MR) is 71.5 cm³/mol. The molecule has 2 amide bonds. The lowest BCUT2D eigenvalue weighted by Crippen LogP contribution is -2.35. The van der Waals surface area contributed by atoms with Gasteiger partial charge in [-0.3, -0.25) is 4.79 Å². The van der Waals surface area contributed by atoms with Crippen LogP contribution in [0.5, 0.6) is 0 Å². The maximum Gasteiger partial charge on any atom is 0.407 e. The van der Waals surface area contributed by atoms with Crippen LogP contribution in [-0.2, 0) is 14.4 Å². The Hall–Kier alpha value is -1.63. The molecule has 19 heavy (non-hydrogen) atoms. The Morgan fingerprint density at radius 2 is 2.00 bits per heavy atom. The monoisotopic (exact) mass is 273 g/mol. The first-order valence-electron chi connectivity index (χ1n) is 6.21. The van der Waals surface area contributed by atoms with E-state index in [1.807, 2.05) is 0 Å². The van der Waals surface area contributed by atoms with Crippen molar-refractivity contribution in [3.05, 3.63) is 0 Å². The molecule has 0 aliphatic heterocycles. The Balaban J connectivity index is 4.05. The molecule has 0 aliphatic carbocycles. The molecule has 0 aromatic carbocycles. The Kier molecular flexibility index (Phi) is 7.74. The first-order chi connectivity index (χ1) is 8.80. The average Bonchev–Trinajstić information content (AvgIpc) is 2.26. The molecule has 0 bridgehead atoms. The highest BCUT2D eigenvalue weighted by Crippen LogP contribution is 2.06. The lowest BCUT2D eigenvalue weighted by atomic mass is 10.2. The molecule has 7 heteroatoms. The standard InChI is InChI=1S/C12H23N3O4/c1-6-14-15(18-7-2)10(16)8-9-13-11(17)19-12(3,4)5/h6H,7-9H2,1-5H3,(H,13,17)/b14-6+. The molecule has 0 unspecified atom stereocenters. The molecule has 0 heterocycles. The third kappa shape index (κ3) is 9.01. The first kappa shape index (κ1) is 17.4. The Morgan fingerprint density at radius 1 is 1.37 bits per heavy atom. The van der Waals surface area contributed by atoms with Crippen LogP contribution >= 0.6 is 0 Å². The van der Waals surface area contributed by atoms with E-state index in [0.29, 0.717) is 6.61 Å². The second-order valence-electron chi connectivity index (χ2n) is 4.64. The van der Waals surface area contributed by atoms with Gasteiger partial charge in [-0.15, -0.1) is 5.17 Å². The average molecular weight is 273 g/mol. The zero-order valence-electron chi connectivity index (χ0n) is 12.2. The Bertz CT molecular complexity index is 323. The number of nitrogens with zero attached hydrogens (tertiary/aromatic N) is 2. The maximum absolute atomic E-state index is 11.7. The fourth-order valence-corrected chi connectivity index (χ4v) is 1.08. The van der Waals surface area contributed by atoms with E-state index in [0.717, 1.165) is 5.17 Å². The normalized spacial score (nSPS) is 11.4. The number of rotatable bonds is 6. The highest BCUT2D eigenvalue weighted by Gasteiger charge is 2.17. The molecule has 7 nitrogen and oxygen atoms in total. The lowest BCUT2D eigenvalue weighted by molar-refractivity contribution is -0.184. The van der Waals surface area contributed by atoms with Crippen molar-refractivity contribution in [2.75, 3.05) is 13.2 Å². The van der Waals surface area contributed by atoms with E-state index in [1.165, 1.54) is 6.21 Å². The van der Waals surface area contributed by atoms with Crippen LogP contribution in [0, 0.1) is 0 Å². The van der Waals surface area contributed by atoms with Crippen LogP contribution in [0.2, 0.25) is 0 Å². The number of hydrazone groups is 1. The summed E-state index contributed by atoms with van der Waals surface area (Å²) in [5, 5.41) is 7.17. The van der Waals surface area contributed by atoms with Gasteiger partial charge >= 0.3 is 6.09 Å². The summed E-state index contributed by atoms with van der Waals surface area (Å²) in [5.74, 6) is -0.337. The zero-order chi connectivity index (χ0) is 14.9. The molecule has 0 radical (unpaired) electrons. The van der Waals surface area contributed by atoms with Crippen molar-refractivity contribution >= 4 is 18.2 Å². The van der Waals surface area contributed by atoms with Gasteiger partial charge in [0.2, 0.25) is 0 Å². The number of carbonyl (C=O) groups is 2. The molecule has 0 saturated heterocycles. The molecule has 0 spiro atoms. The summed E-state index contributed by atoms with van der Waals surface area (Å²) >= 11 is 0. The number of alkyl carbamates (subject to hydrolysis) is 1. The van der Waals surface area contributed by atoms with Gasteiger partial charge < -0.3 is 10.1 Å². The molecule has 0 aromatic rings. The number of carbonyl (C=O) groups excluding carboxylic acids is 2. The van der Waals surface area contributed by atoms with Crippen molar-refractivity contribution in [3.8, 4) is 0 Å². The molecule has 0 fully saturated rings. The van der Waals surface area contributed by atoms with Crippen molar-refractivity contribution in [1.29, 1.82) is 0 Å². The largest absolute Gasteiger partial charge is 0.444 e. The van der Waals surface area contributed by atoms with Crippen molar-refractivity contribution < 1.29 is 19.2 Å². The third-order valence-corrected chi connectivity index (χ3v) is 1.69. The minimum absolute atomic E-state index is 0.0799. The fraction of sp³-hybridized carbons (Fsp3) is 0.750. The smallest absolute Gasteiger partial charge is 0.407 e. The van der Waals surface area contributed by atoms with Crippen LogP contribution in [-0.4, -0.2) is 42.1 Å². The van der Waals surface area contributed by atoms with Crippen LogP contribution in [0.25, 0.3) is 0 Å². The molecule has 0 aliphatic rings. The summed E-state index contributed by atoms with van der Waals surface area (Å²) in [4.78, 5) is 28.1. The van der Waals surface area contributed by atoms with Gasteiger partial charge in [0.05, 0.1) is 6.61 Å². The van der Waals surface area contributed by atoms with Gasteiger partial charge in [-0.05, 0) is 34.6 Å². The number of ether oxygens (including phenoxy) is 1. The summed E-state index contributed by atoms with van der Waals surface area (Å²) in [6, 6.07) is 0. The number of amides is 2. The van der Waals surface area contributed by atoms with E-state index in [2.05, 4.69) is 10.4 Å². The molecule has 110 valence electrons. The van der Waals surface area contributed by atoms with Crippen LogP contribution in [0.1, 0.15) is 41.0 Å². The maximum atomic E-state index is 11.7. The van der Waals surface area contributed by atoms with Crippen molar-refractivity contribution in [2.24, 2.45) is 5.10 Å². The van der Waals surface area contributed by atoms with Crippen molar-refractivity contribution in [3.63, 3.8) is 0 Å². The van der Waals surface area contributed by atoms with E-state index in [4.69, 9.17) is 9.57 Å². The molecule has 1 N–H and O–H groups in total. The van der Waals surface area contributed by atoms with Gasteiger partial charge in [-0.25, -0.2) is 9.63 Å². The van der Waals surface area contributed by atoms with Gasteiger partial charge in [0.1, 0.15) is 5.60 Å². The number of hydrogen-bond acceptors (Lipinski definition) is 5. The zero-order valence-corrected chi connectivity index (χ0v) is 12.2. The van der Waals surface area contributed by atoms with E-state index < -0.39 is 11.7 Å². The van der Waals surface area contributed by atoms with Gasteiger partial charge in [0.25, 0.3) is 5.91 Å². The minimum atomic E-state index is -0.558. The summed E-state index contributed by atoms with van der Waals surface area (Å²) < 4.78 is 5.04. The number of hydroxylamine groups is 1. The van der Waals surface area contributed by atoms with Gasteiger partial charge in [0, 0.05) is 19.2 Å². The van der Waals surface area contributed by atoms with E-state index in [-0.39, 0.29) is 18.9 Å². The SMILES string of the molecule is C/C=N/N(OCC)C(=O)CCNC(=O)OC(C)(C)C. The third-order valence-electron chi connectivity index (χ3n) is 1.69. The van der Waals surface area contributed by atoms with E-state index in [9.17, 15) is 9.59 Å². The second-order valence-corrected chi connectivity index (χ2v) is 4.64. The molecule has 0 aromatic heterocycles. The number of hydrogen-bond donors (Lipinski definition) is 1. The minimum Gasteiger partial charge on any atom is -0.444 e.